The number of nitriles is 1. The monoisotopic (exact) mass is 204 g/mol. The van der Waals surface area contributed by atoms with E-state index < -0.39 is 0 Å². The molecule has 1 aromatic rings. The minimum Gasteiger partial charge on any atom is -0.246 e. The second-order valence-electron chi connectivity index (χ2n) is 4.08. The number of aromatic nitrogens is 3. The predicted octanol–water partition coefficient (Wildman–Crippen LogP) is 2.27. The molecule has 0 fully saturated rings. The molecule has 0 saturated carbocycles. The summed E-state index contributed by atoms with van der Waals surface area (Å²) in [5.41, 5.74) is 0. The normalized spacial score (nSPS) is 28.7. The maximum absolute atomic E-state index is 8.85. The van der Waals surface area contributed by atoms with Gasteiger partial charge in [-0.1, -0.05) is 20.3 Å². The molecule has 0 N–H and O–H groups in total. The van der Waals surface area contributed by atoms with Crippen LogP contribution in [0.2, 0.25) is 0 Å². The molecule has 2 rings (SSSR count). The van der Waals surface area contributed by atoms with E-state index in [0.29, 0.717) is 18.4 Å². The van der Waals surface area contributed by atoms with Crippen LogP contribution in [0.3, 0.4) is 0 Å². The van der Waals surface area contributed by atoms with E-state index in [1.54, 1.807) is 6.33 Å². The minimum atomic E-state index is 0.285. The van der Waals surface area contributed by atoms with Crippen LogP contribution in [-0.4, -0.2) is 14.8 Å². The van der Waals surface area contributed by atoms with Crippen LogP contribution in [0.1, 0.15) is 50.9 Å². The van der Waals surface area contributed by atoms with E-state index in [1.807, 2.05) is 4.68 Å². The lowest BCUT2D eigenvalue weighted by molar-refractivity contribution is 0.309. The second kappa shape index (κ2) is 4.01. The first kappa shape index (κ1) is 10.2. The molecule has 3 atom stereocenters. The first-order valence-corrected chi connectivity index (χ1v) is 5.59. The summed E-state index contributed by atoms with van der Waals surface area (Å²) in [4.78, 5) is 4.29. The van der Waals surface area contributed by atoms with Gasteiger partial charge in [0.25, 0.3) is 0 Å². The lowest BCUT2D eigenvalue weighted by Crippen LogP contribution is -2.14. The van der Waals surface area contributed by atoms with Crippen molar-refractivity contribution in [1.82, 2.24) is 14.8 Å². The van der Waals surface area contributed by atoms with E-state index in [-0.39, 0.29) is 5.92 Å². The summed E-state index contributed by atoms with van der Waals surface area (Å²) >= 11 is 0. The van der Waals surface area contributed by atoms with Gasteiger partial charge >= 0.3 is 0 Å². The fraction of sp³-hybridized carbons (Fsp3) is 0.727. The summed E-state index contributed by atoms with van der Waals surface area (Å²) < 4.78 is 2.02. The molecule has 80 valence electrons. The Morgan fingerprint density at radius 1 is 1.47 bits per heavy atom. The summed E-state index contributed by atoms with van der Waals surface area (Å²) in [6.45, 7) is 4.36. The number of fused-ring (bicyclic) bond motifs is 1. The molecule has 0 aromatic carbocycles. The third-order valence-electron chi connectivity index (χ3n) is 3.46. The molecule has 0 unspecified atom stereocenters. The minimum absolute atomic E-state index is 0.285. The van der Waals surface area contributed by atoms with Crippen molar-refractivity contribution in [3.8, 4) is 6.07 Å². The van der Waals surface area contributed by atoms with E-state index in [1.165, 1.54) is 0 Å². The fourth-order valence-corrected chi connectivity index (χ4v) is 2.79. The molecule has 1 aliphatic heterocycles. The fourth-order valence-electron chi connectivity index (χ4n) is 2.79. The Bertz CT molecular complexity index is 376. The Morgan fingerprint density at radius 3 is 2.87 bits per heavy atom. The van der Waals surface area contributed by atoms with Gasteiger partial charge in [0, 0.05) is 12.3 Å². The highest BCUT2D eigenvalue weighted by Crippen LogP contribution is 2.44. The Kier molecular flexibility index (Phi) is 2.72. The van der Waals surface area contributed by atoms with Gasteiger partial charge in [0.05, 0.1) is 12.1 Å². The summed E-state index contributed by atoms with van der Waals surface area (Å²) in [6, 6.07) is 2.70. The molecular formula is C11H16N4. The van der Waals surface area contributed by atoms with Crippen molar-refractivity contribution in [2.24, 2.45) is 5.92 Å². The van der Waals surface area contributed by atoms with Gasteiger partial charge in [-0.2, -0.15) is 10.4 Å². The average Bonchev–Trinajstić information content (AvgIpc) is 2.79. The van der Waals surface area contributed by atoms with Crippen LogP contribution in [0.15, 0.2) is 6.33 Å². The van der Waals surface area contributed by atoms with E-state index in [9.17, 15) is 0 Å². The standard InChI is InChI=1S/C11H16N4/c1-3-8-9(5-6-12)11-13-7-14-15(11)10(8)4-2/h7-10H,3-5H2,1-2H3/t8-,9+,10+/m1/s1. The summed E-state index contributed by atoms with van der Waals surface area (Å²) in [7, 11) is 0. The highest BCUT2D eigenvalue weighted by Gasteiger charge is 2.40. The van der Waals surface area contributed by atoms with Gasteiger partial charge in [-0.25, -0.2) is 9.67 Å². The van der Waals surface area contributed by atoms with Crippen LogP contribution in [0.5, 0.6) is 0 Å². The van der Waals surface area contributed by atoms with E-state index in [2.05, 4.69) is 30.0 Å². The Morgan fingerprint density at radius 2 is 2.27 bits per heavy atom. The molecule has 1 aliphatic rings. The van der Waals surface area contributed by atoms with Crippen LogP contribution in [0.25, 0.3) is 0 Å². The molecule has 0 amide bonds. The first-order valence-electron chi connectivity index (χ1n) is 5.59. The highest BCUT2D eigenvalue weighted by atomic mass is 15.4. The zero-order chi connectivity index (χ0) is 10.8. The largest absolute Gasteiger partial charge is 0.246 e. The SMILES string of the molecule is CC[C@@H]1[C@H](CC#N)c2ncnn2[C@H]1CC. The van der Waals surface area contributed by atoms with Crippen molar-refractivity contribution in [2.45, 2.75) is 45.1 Å². The molecular weight excluding hydrogens is 188 g/mol. The van der Waals surface area contributed by atoms with Crippen LogP contribution in [0.4, 0.5) is 0 Å². The summed E-state index contributed by atoms with van der Waals surface area (Å²) in [6.07, 6.45) is 4.33. The zero-order valence-electron chi connectivity index (χ0n) is 9.22. The van der Waals surface area contributed by atoms with E-state index >= 15 is 0 Å². The highest BCUT2D eigenvalue weighted by molar-refractivity contribution is 5.11. The Labute approximate surface area is 89.9 Å². The average molecular weight is 204 g/mol. The van der Waals surface area contributed by atoms with Crippen LogP contribution >= 0.6 is 0 Å². The molecule has 4 heteroatoms. The van der Waals surface area contributed by atoms with E-state index in [0.717, 1.165) is 18.7 Å². The third-order valence-corrected chi connectivity index (χ3v) is 3.46. The van der Waals surface area contributed by atoms with Crippen molar-refractivity contribution >= 4 is 0 Å². The van der Waals surface area contributed by atoms with Crippen LogP contribution in [0, 0.1) is 17.2 Å². The maximum atomic E-state index is 8.85. The van der Waals surface area contributed by atoms with Gasteiger partial charge < -0.3 is 0 Å². The maximum Gasteiger partial charge on any atom is 0.138 e. The molecule has 0 radical (unpaired) electrons. The first-order chi connectivity index (χ1) is 7.33. The van der Waals surface area contributed by atoms with Gasteiger partial charge in [0.1, 0.15) is 12.2 Å². The number of nitrogens with zero attached hydrogens (tertiary/aromatic N) is 4. The molecule has 0 saturated heterocycles. The molecule has 15 heavy (non-hydrogen) atoms. The Balaban J connectivity index is 2.36. The topological polar surface area (TPSA) is 54.5 Å². The van der Waals surface area contributed by atoms with Gasteiger partial charge in [0.2, 0.25) is 0 Å². The van der Waals surface area contributed by atoms with Gasteiger partial charge in [-0.05, 0) is 12.3 Å². The van der Waals surface area contributed by atoms with Gasteiger partial charge in [-0.15, -0.1) is 0 Å². The lowest BCUT2D eigenvalue weighted by Gasteiger charge is -2.20. The number of hydrogen-bond donors (Lipinski definition) is 0. The van der Waals surface area contributed by atoms with Gasteiger partial charge in [-0.3, -0.25) is 0 Å². The van der Waals surface area contributed by atoms with Crippen LogP contribution in [-0.2, 0) is 0 Å². The molecule has 2 heterocycles. The molecule has 1 aromatic heterocycles. The zero-order valence-corrected chi connectivity index (χ0v) is 9.22. The van der Waals surface area contributed by atoms with Crippen molar-refractivity contribution in [1.29, 1.82) is 5.26 Å². The summed E-state index contributed by atoms with van der Waals surface area (Å²) in [5.74, 6) is 1.83. The van der Waals surface area contributed by atoms with Crippen molar-refractivity contribution in [3.63, 3.8) is 0 Å². The molecule has 4 nitrogen and oxygen atoms in total. The molecule has 0 spiro atoms. The summed E-state index contributed by atoms with van der Waals surface area (Å²) in [5, 5.41) is 13.1. The van der Waals surface area contributed by atoms with Crippen LogP contribution < -0.4 is 0 Å². The smallest absolute Gasteiger partial charge is 0.138 e. The molecule has 0 bridgehead atoms. The lowest BCUT2D eigenvalue weighted by atomic mass is 9.84. The number of hydrogen-bond acceptors (Lipinski definition) is 3. The van der Waals surface area contributed by atoms with Gasteiger partial charge in [0.15, 0.2) is 0 Å². The van der Waals surface area contributed by atoms with Crippen molar-refractivity contribution < 1.29 is 0 Å². The quantitative estimate of drug-likeness (QED) is 0.758. The predicted molar refractivity (Wildman–Crippen MR) is 56.1 cm³/mol. The molecule has 0 aliphatic carbocycles. The third kappa shape index (κ3) is 1.43. The van der Waals surface area contributed by atoms with Crippen molar-refractivity contribution in [2.75, 3.05) is 0 Å². The number of rotatable bonds is 3. The Hall–Kier alpha value is -1.37. The van der Waals surface area contributed by atoms with E-state index in [4.69, 9.17) is 5.26 Å². The van der Waals surface area contributed by atoms with Crippen molar-refractivity contribution in [3.05, 3.63) is 12.2 Å². The second-order valence-corrected chi connectivity index (χ2v) is 4.08.